The second kappa shape index (κ2) is 6.08. The molecule has 0 aliphatic carbocycles. The van der Waals surface area contributed by atoms with Gasteiger partial charge >= 0.3 is 5.97 Å². The minimum atomic E-state index is -1.09. The van der Waals surface area contributed by atoms with Crippen LogP contribution in [0.1, 0.15) is 41.5 Å². The summed E-state index contributed by atoms with van der Waals surface area (Å²) in [5, 5.41) is 9.83. The molecule has 1 aromatic carbocycles. The summed E-state index contributed by atoms with van der Waals surface area (Å²) < 4.78 is 5.72. The van der Waals surface area contributed by atoms with E-state index in [1.165, 1.54) is 11.3 Å². The number of thiophene rings is 1. The highest BCUT2D eigenvalue weighted by atomic mass is 35.5. The quantitative estimate of drug-likeness (QED) is 0.776. The lowest BCUT2D eigenvalue weighted by Gasteiger charge is -2.26. The molecule has 2 amide bonds. The number of fused-ring (bicyclic) bond motifs is 2. The zero-order valence-electron chi connectivity index (χ0n) is 13.3. The number of carbonyl (C=O) groups excluding carboxylic acids is 2. The van der Waals surface area contributed by atoms with Gasteiger partial charge in [0.25, 0.3) is 11.8 Å². The van der Waals surface area contributed by atoms with Crippen LogP contribution in [-0.2, 0) is 17.8 Å². The molecule has 0 radical (unpaired) electrons. The minimum Gasteiger partial charge on any atom is -0.478 e. The van der Waals surface area contributed by atoms with Crippen LogP contribution in [0.2, 0.25) is 5.02 Å². The highest BCUT2D eigenvalue weighted by Crippen LogP contribution is 2.37. The molecule has 7 nitrogen and oxygen atoms in total. The van der Waals surface area contributed by atoms with Crippen molar-refractivity contribution >= 4 is 45.7 Å². The Morgan fingerprint density at radius 1 is 1.38 bits per heavy atom. The zero-order valence-corrected chi connectivity index (χ0v) is 14.9. The highest BCUT2D eigenvalue weighted by molar-refractivity contribution is 7.16. The Hall–Kier alpha value is -2.42. The van der Waals surface area contributed by atoms with E-state index in [0.717, 1.165) is 9.78 Å². The Morgan fingerprint density at radius 3 is 2.85 bits per heavy atom. The molecule has 2 aliphatic heterocycles. The summed E-state index contributed by atoms with van der Waals surface area (Å²) in [6.45, 7) is 0.225. The van der Waals surface area contributed by atoms with Crippen molar-refractivity contribution in [3.63, 3.8) is 0 Å². The number of carboxylic acids is 1. The Balaban J connectivity index is 1.59. The summed E-state index contributed by atoms with van der Waals surface area (Å²) in [5.41, 5.74) is 6.97. The molecule has 9 heteroatoms. The van der Waals surface area contributed by atoms with E-state index < -0.39 is 23.9 Å². The largest absolute Gasteiger partial charge is 0.478 e. The molecular weight excluding hydrogens is 380 g/mol. The lowest BCUT2D eigenvalue weighted by atomic mass is 10.0. The van der Waals surface area contributed by atoms with Crippen LogP contribution in [0, 0.1) is 0 Å². The summed E-state index contributed by atoms with van der Waals surface area (Å²) in [6.07, 6.45) is -0.234. The van der Waals surface area contributed by atoms with Crippen LogP contribution in [0.25, 0.3) is 0 Å². The van der Waals surface area contributed by atoms with Crippen molar-refractivity contribution in [3.05, 3.63) is 50.4 Å². The predicted molar refractivity (Wildman–Crippen MR) is 94.8 cm³/mol. The number of hydrogen-bond acceptors (Lipinski definition) is 6. The number of ether oxygens (including phenoxy) is 1. The molecule has 134 valence electrons. The molecule has 0 saturated carbocycles. The second-order valence-corrected chi connectivity index (χ2v) is 7.61. The van der Waals surface area contributed by atoms with Gasteiger partial charge < -0.3 is 15.6 Å². The third-order valence-electron chi connectivity index (χ3n) is 4.55. The number of imide groups is 1. The van der Waals surface area contributed by atoms with Crippen molar-refractivity contribution in [1.29, 1.82) is 0 Å². The number of rotatable bonds is 3. The van der Waals surface area contributed by atoms with E-state index in [1.807, 2.05) is 0 Å². The number of halogens is 1. The van der Waals surface area contributed by atoms with Crippen LogP contribution in [0.3, 0.4) is 0 Å². The Kier molecular flexibility index (Phi) is 3.98. The molecule has 4 rings (SSSR count). The standard InChI is InChI=1S/C17H13ClN2O5S/c18-10-3-1-2-8-12(10)16(22)20(15(8)21)5-7-4-9-11(6-25-7)26-14(19)13(9)17(23)24/h1-3,7H,4-6,19H2,(H,23,24). The third-order valence-corrected chi connectivity index (χ3v) is 5.90. The molecule has 26 heavy (non-hydrogen) atoms. The summed E-state index contributed by atoms with van der Waals surface area (Å²) in [7, 11) is 0. The van der Waals surface area contributed by atoms with Crippen LogP contribution in [0.5, 0.6) is 0 Å². The van der Waals surface area contributed by atoms with Crippen molar-refractivity contribution in [3.8, 4) is 0 Å². The van der Waals surface area contributed by atoms with Gasteiger partial charge in [-0.25, -0.2) is 4.79 Å². The van der Waals surface area contributed by atoms with Crippen molar-refractivity contribution in [2.45, 2.75) is 19.1 Å². The summed E-state index contributed by atoms with van der Waals surface area (Å²) in [6, 6.07) is 4.74. The molecule has 0 bridgehead atoms. The highest BCUT2D eigenvalue weighted by Gasteiger charge is 2.39. The molecule has 0 fully saturated rings. The van der Waals surface area contributed by atoms with E-state index in [9.17, 15) is 19.5 Å². The molecule has 0 saturated heterocycles. The maximum atomic E-state index is 12.6. The lowest BCUT2D eigenvalue weighted by molar-refractivity contribution is 0.00932. The van der Waals surface area contributed by atoms with Crippen molar-refractivity contribution in [2.75, 3.05) is 12.3 Å². The van der Waals surface area contributed by atoms with Gasteiger partial charge in [0.1, 0.15) is 5.00 Å². The first kappa shape index (κ1) is 17.0. The number of nitrogen functional groups attached to an aromatic ring is 1. The monoisotopic (exact) mass is 392 g/mol. The number of nitrogens with two attached hydrogens (primary N) is 1. The number of benzene rings is 1. The zero-order chi connectivity index (χ0) is 18.6. The number of nitrogens with zero attached hydrogens (tertiary/aromatic N) is 1. The molecule has 1 atom stereocenters. The Morgan fingerprint density at radius 2 is 2.15 bits per heavy atom. The van der Waals surface area contributed by atoms with Crippen LogP contribution >= 0.6 is 22.9 Å². The number of anilines is 1. The number of amides is 2. The van der Waals surface area contributed by atoms with Gasteiger partial charge in [-0.1, -0.05) is 17.7 Å². The van der Waals surface area contributed by atoms with Gasteiger partial charge in [0.2, 0.25) is 0 Å². The SMILES string of the molecule is Nc1sc2c(c1C(=O)O)CC(CN1C(=O)c3cccc(Cl)c3C1=O)OC2. The topological polar surface area (TPSA) is 110 Å². The average Bonchev–Trinajstić information content (AvgIpc) is 3.04. The maximum Gasteiger partial charge on any atom is 0.338 e. The first-order valence-corrected chi connectivity index (χ1v) is 8.97. The Labute approximate surface area is 156 Å². The molecule has 2 aromatic rings. The van der Waals surface area contributed by atoms with Gasteiger partial charge in [-0.15, -0.1) is 11.3 Å². The molecule has 3 N–H and O–H groups in total. The average molecular weight is 393 g/mol. The van der Waals surface area contributed by atoms with Gasteiger partial charge in [-0.05, 0) is 17.7 Å². The number of hydrogen-bond donors (Lipinski definition) is 2. The molecule has 3 heterocycles. The molecule has 2 aliphatic rings. The fourth-order valence-electron chi connectivity index (χ4n) is 3.36. The number of carboxylic acid groups (broad SMARTS) is 1. The summed E-state index contributed by atoms with van der Waals surface area (Å²) >= 11 is 7.24. The van der Waals surface area contributed by atoms with E-state index in [4.69, 9.17) is 22.1 Å². The normalized spacial score (nSPS) is 18.8. The molecular formula is C17H13ClN2O5S. The van der Waals surface area contributed by atoms with Gasteiger partial charge in [-0.2, -0.15) is 0 Å². The summed E-state index contributed by atoms with van der Waals surface area (Å²) in [4.78, 5) is 38.4. The van der Waals surface area contributed by atoms with E-state index in [1.54, 1.807) is 18.2 Å². The fourth-order valence-corrected chi connectivity index (χ4v) is 4.63. The fraction of sp³-hybridized carbons (Fsp3) is 0.235. The van der Waals surface area contributed by atoms with Crippen molar-refractivity contribution in [1.82, 2.24) is 4.90 Å². The van der Waals surface area contributed by atoms with E-state index in [-0.39, 0.29) is 46.3 Å². The minimum absolute atomic E-state index is 0.0247. The van der Waals surface area contributed by atoms with Gasteiger partial charge in [0, 0.05) is 11.3 Å². The van der Waals surface area contributed by atoms with Gasteiger partial charge in [0.05, 0.1) is 41.0 Å². The van der Waals surface area contributed by atoms with Gasteiger partial charge in [0.15, 0.2) is 0 Å². The van der Waals surface area contributed by atoms with Crippen LogP contribution in [0.15, 0.2) is 18.2 Å². The predicted octanol–water partition coefficient (Wildman–Crippen LogP) is 2.42. The van der Waals surface area contributed by atoms with Crippen molar-refractivity contribution in [2.24, 2.45) is 0 Å². The smallest absolute Gasteiger partial charge is 0.338 e. The lowest BCUT2D eigenvalue weighted by Crippen LogP contribution is -2.40. The molecule has 1 unspecified atom stereocenters. The Bertz CT molecular complexity index is 970. The molecule has 0 spiro atoms. The van der Waals surface area contributed by atoms with E-state index >= 15 is 0 Å². The van der Waals surface area contributed by atoms with E-state index in [2.05, 4.69) is 0 Å². The van der Waals surface area contributed by atoms with E-state index in [0.29, 0.717) is 5.56 Å². The van der Waals surface area contributed by atoms with Gasteiger partial charge in [-0.3, -0.25) is 14.5 Å². The first-order valence-electron chi connectivity index (χ1n) is 7.78. The number of aromatic carboxylic acids is 1. The van der Waals surface area contributed by atoms with Crippen LogP contribution in [-0.4, -0.2) is 40.4 Å². The number of carbonyl (C=O) groups is 3. The second-order valence-electron chi connectivity index (χ2n) is 6.07. The third kappa shape index (κ3) is 2.49. The summed E-state index contributed by atoms with van der Waals surface area (Å²) in [5.74, 6) is -1.98. The van der Waals surface area contributed by atoms with Crippen molar-refractivity contribution < 1.29 is 24.2 Å². The van der Waals surface area contributed by atoms with Crippen LogP contribution in [0.4, 0.5) is 5.00 Å². The van der Waals surface area contributed by atoms with Crippen LogP contribution < -0.4 is 5.73 Å². The molecule has 1 aromatic heterocycles. The first-order chi connectivity index (χ1) is 12.4. The maximum absolute atomic E-state index is 12.6.